The van der Waals surface area contributed by atoms with Crippen LogP contribution in [0.2, 0.25) is 0 Å². The molecule has 1 fully saturated rings. The zero-order valence-corrected chi connectivity index (χ0v) is 18.4. The Bertz CT molecular complexity index is 1020. The summed E-state index contributed by atoms with van der Waals surface area (Å²) in [7, 11) is 0. The van der Waals surface area contributed by atoms with E-state index >= 15 is 0 Å². The lowest BCUT2D eigenvalue weighted by molar-refractivity contribution is -0.146. The van der Waals surface area contributed by atoms with Crippen LogP contribution in [0.3, 0.4) is 0 Å². The van der Waals surface area contributed by atoms with E-state index in [2.05, 4.69) is 36.2 Å². The van der Waals surface area contributed by atoms with Crippen molar-refractivity contribution in [1.29, 1.82) is 0 Å². The number of benzene rings is 2. The molecule has 0 radical (unpaired) electrons. The summed E-state index contributed by atoms with van der Waals surface area (Å²) in [5, 5.41) is 12.0. The molecule has 2 aliphatic rings. The maximum absolute atomic E-state index is 12.9. The molecular formula is C26H28N2O5. The first-order valence-electron chi connectivity index (χ1n) is 11.2. The van der Waals surface area contributed by atoms with Gasteiger partial charge in [0.25, 0.3) is 0 Å². The average molecular weight is 449 g/mol. The van der Waals surface area contributed by atoms with Gasteiger partial charge in [-0.1, -0.05) is 61.0 Å². The number of fused-ring (bicyclic) bond motifs is 3. The second kappa shape index (κ2) is 9.90. The summed E-state index contributed by atoms with van der Waals surface area (Å²) in [6, 6.07) is 15.9. The van der Waals surface area contributed by atoms with Crippen molar-refractivity contribution >= 4 is 18.0 Å². The predicted octanol–water partition coefficient (Wildman–Crippen LogP) is 3.79. The van der Waals surface area contributed by atoms with E-state index in [0.717, 1.165) is 28.7 Å². The standard InChI is InChI=1S/C26H28N2O5/c1-2-14-28(15-24(29)30)25(31)21-12-7-13-23(21)27-26(32)33-16-22-19-10-5-3-8-17(19)18-9-4-6-11-20(18)22/h2-6,8-11,21-23H,1,7,12-16H2,(H,27,32)(H,29,30). The first kappa shape index (κ1) is 22.6. The lowest BCUT2D eigenvalue weighted by Gasteiger charge is -2.26. The molecule has 1 saturated carbocycles. The van der Waals surface area contributed by atoms with Gasteiger partial charge in [0.15, 0.2) is 0 Å². The highest BCUT2D eigenvalue weighted by Crippen LogP contribution is 2.44. The number of carbonyl (C=O) groups excluding carboxylic acids is 2. The van der Waals surface area contributed by atoms with E-state index in [-0.39, 0.29) is 37.6 Å². The van der Waals surface area contributed by atoms with E-state index in [1.54, 1.807) is 0 Å². The van der Waals surface area contributed by atoms with Crippen molar-refractivity contribution in [2.75, 3.05) is 19.7 Å². The Morgan fingerprint density at radius 1 is 1.06 bits per heavy atom. The number of carboxylic acids is 1. The van der Waals surface area contributed by atoms with Crippen LogP contribution in [0.4, 0.5) is 4.79 Å². The molecule has 0 spiro atoms. The molecule has 0 bridgehead atoms. The lowest BCUT2D eigenvalue weighted by atomic mass is 9.98. The average Bonchev–Trinajstić information content (AvgIpc) is 3.39. The van der Waals surface area contributed by atoms with Gasteiger partial charge in [-0.2, -0.15) is 0 Å². The molecule has 0 heterocycles. The third-order valence-electron chi connectivity index (χ3n) is 6.47. The van der Waals surface area contributed by atoms with Gasteiger partial charge in [0.2, 0.25) is 5.91 Å². The molecule has 4 rings (SSSR count). The van der Waals surface area contributed by atoms with Crippen LogP contribution < -0.4 is 5.32 Å². The summed E-state index contributed by atoms with van der Waals surface area (Å²) in [5.74, 6) is -1.87. The number of rotatable bonds is 8. The van der Waals surface area contributed by atoms with Gasteiger partial charge in [0.05, 0.1) is 5.92 Å². The fraction of sp³-hybridized carbons (Fsp3) is 0.346. The molecule has 33 heavy (non-hydrogen) atoms. The Morgan fingerprint density at radius 2 is 1.70 bits per heavy atom. The normalized spacial score (nSPS) is 18.8. The molecule has 2 N–H and O–H groups in total. The minimum absolute atomic E-state index is 0.0391. The quantitative estimate of drug-likeness (QED) is 0.599. The van der Waals surface area contributed by atoms with Crippen molar-refractivity contribution < 1.29 is 24.2 Å². The van der Waals surface area contributed by atoms with E-state index in [0.29, 0.717) is 12.8 Å². The number of hydrogen-bond donors (Lipinski definition) is 2. The van der Waals surface area contributed by atoms with Gasteiger partial charge in [0, 0.05) is 18.5 Å². The molecule has 2 unspecified atom stereocenters. The summed E-state index contributed by atoms with van der Waals surface area (Å²) in [6.45, 7) is 3.57. The fourth-order valence-electron chi connectivity index (χ4n) is 5.01. The summed E-state index contributed by atoms with van der Waals surface area (Å²) in [6.07, 6.45) is 2.97. The second-order valence-electron chi connectivity index (χ2n) is 8.51. The van der Waals surface area contributed by atoms with Crippen molar-refractivity contribution in [1.82, 2.24) is 10.2 Å². The molecule has 0 aliphatic heterocycles. The van der Waals surface area contributed by atoms with Crippen molar-refractivity contribution in [3.8, 4) is 11.1 Å². The van der Waals surface area contributed by atoms with Crippen molar-refractivity contribution in [2.24, 2.45) is 5.92 Å². The molecule has 0 saturated heterocycles. The van der Waals surface area contributed by atoms with Gasteiger partial charge in [-0.05, 0) is 35.1 Å². The van der Waals surface area contributed by atoms with Crippen molar-refractivity contribution in [3.05, 3.63) is 72.3 Å². The topological polar surface area (TPSA) is 95.9 Å². The van der Waals surface area contributed by atoms with Gasteiger partial charge in [-0.3, -0.25) is 9.59 Å². The van der Waals surface area contributed by atoms with Gasteiger partial charge >= 0.3 is 12.1 Å². The first-order valence-corrected chi connectivity index (χ1v) is 11.2. The zero-order valence-electron chi connectivity index (χ0n) is 18.4. The summed E-state index contributed by atoms with van der Waals surface area (Å²) in [4.78, 5) is 38.0. The van der Waals surface area contributed by atoms with Crippen LogP contribution >= 0.6 is 0 Å². The molecule has 0 aromatic heterocycles. The van der Waals surface area contributed by atoms with Crippen LogP contribution in [0, 0.1) is 5.92 Å². The Labute approximate surface area is 193 Å². The van der Waals surface area contributed by atoms with Gasteiger partial charge < -0.3 is 20.1 Å². The first-order chi connectivity index (χ1) is 16.0. The third-order valence-corrected chi connectivity index (χ3v) is 6.47. The van der Waals surface area contributed by atoms with Crippen molar-refractivity contribution in [3.63, 3.8) is 0 Å². The zero-order chi connectivity index (χ0) is 23.4. The number of aliphatic carboxylic acids is 1. The number of carboxylic acid groups (broad SMARTS) is 1. The van der Waals surface area contributed by atoms with Crippen LogP contribution in [0.25, 0.3) is 11.1 Å². The SMILES string of the molecule is C=CCN(CC(=O)O)C(=O)C1CCCC1NC(=O)OCC1c2ccccc2-c2ccccc21. The largest absolute Gasteiger partial charge is 0.480 e. The van der Waals surface area contributed by atoms with Crippen molar-refractivity contribution in [2.45, 2.75) is 31.2 Å². The number of ether oxygens (including phenoxy) is 1. The molecule has 2 atom stereocenters. The molecule has 172 valence electrons. The number of amides is 2. The molecule has 2 aromatic carbocycles. The van der Waals surface area contributed by atoms with Crippen LogP contribution in [0.5, 0.6) is 0 Å². The van der Waals surface area contributed by atoms with Gasteiger partial charge in [0.1, 0.15) is 13.2 Å². The van der Waals surface area contributed by atoms with E-state index in [4.69, 9.17) is 9.84 Å². The van der Waals surface area contributed by atoms with E-state index < -0.39 is 18.0 Å². The highest BCUT2D eigenvalue weighted by Gasteiger charge is 2.37. The summed E-state index contributed by atoms with van der Waals surface area (Å²) in [5.41, 5.74) is 4.58. The number of carbonyl (C=O) groups is 3. The highest BCUT2D eigenvalue weighted by atomic mass is 16.5. The maximum Gasteiger partial charge on any atom is 0.407 e. The summed E-state index contributed by atoms with van der Waals surface area (Å²) < 4.78 is 5.62. The van der Waals surface area contributed by atoms with E-state index in [9.17, 15) is 14.4 Å². The highest BCUT2D eigenvalue weighted by molar-refractivity contribution is 5.84. The Morgan fingerprint density at radius 3 is 2.30 bits per heavy atom. The number of hydrogen-bond acceptors (Lipinski definition) is 4. The van der Waals surface area contributed by atoms with Gasteiger partial charge in [-0.25, -0.2) is 4.79 Å². The number of alkyl carbamates (subject to hydrolysis) is 1. The molecular weight excluding hydrogens is 420 g/mol. The van der Waals surface area contributed by atoms with Crippen LogP contribution in [0.15, 0.2) is 61.2 Å². The Balaban J connectivity index is 1.39. The van der Waals surface area contributed by atoms with E-state index in [1.807, 2.05) is 24.3 Å². The minimum Gasteiger partial charge on any atom is -0.480 e. The Hall–Kier alpha value is -3.61. The number of nitrogens with one attached hydrogen (secondary N) is 1. The number of nitrogens with zero attached hydrogens (tertiary/aromatic N) is 1. The molecule has 7 heteroatoms. The van der Waals surface area contributed by atoms with Crippen LogP contribution in [0.1, 0.15) is 36.3 Å². The fourth-order valence-corrected chi connectivity index (χ4v) is 5.01. The van der Waals surface area contributed by atoms with Crippen LogP contribution in [-0.2, 0) is 14.3 Å². The van der Waals surface area contributed by atoms with E-state index in [1.165, 1.54) is 11.0 Å². The molecule has 2 aliphatic carbocycles. The lowest BCUT2D eigenvalue weighted by Crippen LogP contribution is -2.47. The predicted molar refractivity (Wildman–Crippen MR) is 124 cm³/mol. The minimum atomic E-state index is -1.08. The Kier molecular flexibility index (Phi) is 6.77. The monoisotopic (exact) mass is 448 g/mol. The maximum atomic E-state index is 12.9. The second-order valence-corrected chi connectivity index (χ2v) is 8.51. The van der Waals surface area contributed by atoms with Gasteiger partial charge in [-0.15, -0.1) is 6.58 Å². The molecule has 2 amide bonds. The molecule has 7 nitrogen and oxygen atoms in total. The smallest absolute Gasteiger partial charge is 0.407 e. The molecule has 2 aromatic rings. The van der Waals surface area contributed by atoms with Crippen LogP contribution in [-0.4, -0.2) is 53.7 Å². The summed E-state index contributed by atoms with van der Waals surface area (Å²) >= 11 is 0. The third kappa shape index (κ3) is 4.77.